The molecule has 0 spiro atoms. The van der Waals surface area contributed by atoms with Crippen molar-refractivity contribution >= 4 is 0 Å². The van der Waals surface area contributed by atoms with Crippen LogP contribution in [0.2, 0.25) is 0 Å². The lowest BCUT2D eigenvalue weighted by Gasteiger charge is -2.29. The molecule has 1 saturated heterocycles. The Labute approximate surface area is 130 Å². The minimum absolute atomic E-state index is 0.152. The smallest absolute Gasteiger partial charge is 0.123 e. The molecule has 22 heavy (non-hydrogen) atoms. The number of hydrogen-bond acceptors (Lipinski definition) is 3. The van der Waals surface area contributed by atoms with E-state index in [1.807, 2.05) is 11.6 Å². The van der Waals surface area contributed by atoms with E-state index < -0.39 is 0 Å². The molecule has 5 heteroatoms. The second-order valence-corrected chi connectivity index (χ2v) is 6.04. The van der Waals surface area contributed by atoms with E-state index in [9.17, 15) is 9.50 Å². The predicted molar refractivity (Wildman–Crippen MR) is 83.5 cm³/mol. The molecule has 0 bridgehead atoms. The maximum Gasteiger partial charge on any atom is 0.123 e. The Bertz CT molecular complexity index is 643. The van der Waals surface area contributed by atoms with Gasteiger partial charge in [0.15, 0.2) is 0 Å². The number of halogens is 1. The molecule has 0 atom stereocenters. The van der Waals surface area contributed by atoms with Gasteiger partial charge in [-0.05, 0) is 51.0 Å². The maximum absolute atomic E-state index is 13.1. The zero-order valence-electron chi connectivity index (χ0n) is 13.1. The van der Waals surface area contributed by atoms with Crippen LogP contribution in [0.1, 0.15) is 29.8 Å². The number of aryl methyl sites for hydroxylation is 1. The third kappa shape index (κ3) is 3.05. The SMILES string of the molecule is Cc1nn(-c2ccc(F)cc2)c(C)c1CN1CCC(O)CC1. The third-order valence-electron chi connectivity index (χ3n) is 4.45. The summed E-state index contributed by atoms with van der Waals surface area (Å²) in [6.07, 6.45) is 1.52. The number of aromatic nitrogens is 2. The van der Waals surface area contributed by atoms with E-state index >= 15 is 0 Å². The Morgan fingerprint density at radius 2 is 1.82 bits per heavy atom. The Balaban J connectivity index is 1.82. The number of hydrogen-bond donors (Lipinski definition) is 1. The molecular weight excluding hydrogens is 281 g/mol. The predicted octanol–water partition coefficient (Wildman–Crippen LogP) is 2.58. The molecule has 1 aromatic heterocycles. The summed E-state index contributed by atoms with van der Waals surface area (Å²) < 4.78 is 14.9. The highest BCUT2D eigenvalue weighted by Gasteiger charge is 2.20. The fraction of sp³-hybridized carbons (Fsp3) is 0.471. The van der Waals surface area contributed by atoms with E-state index in [0.29, 0.717) is 0 Å². The molecule has 3 rings (SSSR count). The first-order valence-electron chi connectivity index (χ1n) is 7.76. The quantitative estimate of drug-likeness (QED) is 0.947. The van der Waals surface area contributed by atoms with Crippen LogP contribution in [0.3, 0.4) is 0 Å². The van der Waals surface area contributed by atoms with E-state index in [-0.39, 0.29) is 11.9 Å². The molecule has 1 aromatic carbocycles. The summed E-state index contributed by atoms with van der Waals surface area (Å²) in [6.45, 7) is 6.76. The van der Waals surface area contributed by atoms with E-state index in [1.165, 1.54) is 17.7 Å². The number of piperidine rings is 1. The Kier molecular flexibility index (Phi) is 4.27. The molecule has 2 heterocycles. The van der Waals surface area contributed by atoms with Gasteiger partial charge in [-0.2, -0.15) is 5.10 Å². The first-order valence-corrected chi connectivity index (χ1v) is 7.76. The topological polar surface area (TPSA) is 41.3 Å². The second kappa shape index (κ2) is 6.18. The molecule has 2 aromatic rings. The normalized spacial score (nSPS) is 17.1. The van der Waals surface area contributed by atoms with Crippen molar-refractivity contribution in [2.24, 2.45) is 0 Å². The highest BCUT2D eigenvalue weighted by Crippen LogP contribution is 2.21. The summed E-state index contributed by atoms with van der Waals surface area (Å²) in [6, 6.07) is 6.40. The van der Waals surface area contributed by atoms with Crippen LogP contribution in [0.25, 0.3) is 5.69 Å². The van der Waals surface area contributed by atoms with Gasteiger partial charge in [0.1, 0.15) is 5.82 Å². The number of likely N-dealkylation sites (tertiary alicyclic amines) is 1. The van der Waals surface area contributed by atoms with Gasteiger partial charge in [-0.15, -0.1) is 0 Å². The van der Waals surface area contributed by atoms with Gasteiger partial charge in [0.05, 0.1) is 17.5 Å². The lowest BCUT2D eigenvalue weighted by molar-refractivity contribution is 0.0791. The molecule has 1 aliphatic heterocycles. The van der Waals surface area contributed by atoms with E-state index in [2.05, 4.69) is 16.9 Å². The third-order valence-corrected chi connectivity index (χ3v) is 4.45. The lowest BCUT2D eigenvalue weighted by atomic mass is 10.1. The van der Waals surface area contributed by atoms with Gasteiger partial charge < -0.3 is 5.11 Å². The molecule has 0 unspecified atom stereocenters. The van der Waals surface area contributed by atoms with E-state index in [1.54, 1.807) is 12.1 Å². The van der Waals surface area contributed by atoms with Gasteiger partial charge in [0.2, 0.25) is 0 Å². The van der Waals surface area contributed by atoms with Crippen molar-refractivity contribution in [2.75, 3.05) is 13.1 Å². The van der Waals surface area contributed by atoms with Gasteiger partial charge in [0.25, 0.3) is 0 Å². The van der Waals surface area contributed by atoms with Gasteiger partial charge in [-0.3, -0.25) is 4.90 Å². The van der Waals surface area contributed by atoms with Crippen molar-refractivity contribution in [3.63, 3.8) is 0 Å². The van der Waals surface area contributed by atoms with E-state index in [0.717, 1.165) is 49.6 Å². The molecule has 0 radical (unpaired) electrons. The average molecular weight is 303 g/mol. The average Bonchev–Trinajstić information content (AvgIpc) is 2.78. The Morgan fingerprint density at radius 1 is 1.18 bits per heavy atom. The van der Waals surface area contributed by atoms with E-state index in [4.69, 9.17) is 0 Å². The van der Waals surface area contributed by atoms with Crippen LogP contribution in [0, 0.1) is 19.7 Å². The summed E-state index contributed by atoms with van der Waals surface area (Å²) in [7, 11) is 0. The van der Waals surface area contributed by atoms with Crippen LogP contribution in [-0.2, 0) is 6.54 Å². The van der Waals surface area contributed by atoms with Gasteiger partial charge in [0, 0.05) is 30.9 Å². The highest BCUT2D eigenvalue weighted by molar-refractivity contribution is 5.37. The van der Waals surface area contributed by atoms with Crippen molar-refractivity contribution in [3.05, 3.63) is 47.0 Å². The molecule has 1 N–H and O–H groups in total. The van der Waals surface area contributed by atoms with Crippen molar-refractivity contribution in [3.8, 4) is 5.69 Å². The first kappa shape index (κ1) is 15.2. The second-order valence-electron chi connectivity index (χ2n) is 6.04. The summed E-state index contributed by atoms with van der Waals surface area (Å²) in [5.41, 5.74) is 4.20. The van der Waals surface area contributed by atoms with Crippen LogP contribution in [0.4, 0.5) is 4.39 Å². The summed E-state index contributed by atoms with van der Waals surface area (Å²) >= 11 is 0. The maximum atomic E-state index is 13.1. The zero-order chi connectivity index (χ0) is 15.7. The number of benzene rings is 1. The van der Waals surface area contributed by atoms with Crippen LogP contribution < -0.4 is 0 Å². The van der Waals surface area contributed by atoms with Crippen molar-refractivity contribution in [1.29, 1.82) is 0 Å². The molecule has 118 valence electrons. The molecule has 1 fully saturated rings. The van der Waals surface area contributed by atoms with Gasteiger partial charge in [-0.25, -0.2) is 9.07 Å². The summed E-state index contributed by atoms with van der Waals surface area (Å²) in [5, 5.41) is 14.2. The van der Waals surface area contributed by atoms with Gasteiger partial charge >= 0.3 is 0 Å². The Morgan fingerprint density at radius 3 is 2.45 bits per heavy atom. The molecule has 4 nitrogen and oxygen atoms in total. The fourth-order valence-corrected chi connectivity index (χ4v) is 3.04. The molecule has 1 aliphatic rings. The monoisotopic (exact) mass is 303 g/mol. The molecule has 0 saturated carbocycles. The van der Waals surface area contributed by atoms with Gasteiger partial charge in [-0.1, -0.05) is 0 Å². The minimum Gasteiger partial charge on any atom is -0.393 e. The van der Waals surface area contributed by atoms with Crippen molar-refractivity contribution < 1.29 is 9.50 Å². The molecular formula is C17H22FN3O. The number of aliphatic hydroxyl groups is 1. The lowest BCUT2D eigenvalue weighted by Crippen LogP contribution is -2.35. The minimum atomic E-state index is -0.239. The first-order chi connectivity index (χ1) is 10.5. The van der Waals surface area contributed by atoms with Crippen LogP contribution in [-0.4, -0.2) is 39.0 Å². The molecule has 0 aliphatic carbocycles. The van der Waals surface area contributed by atoms with Crippen molar-refractivity contribution in [1.82, 2.24) is 14.7 Å². The van der Waals surface area contributed by atoms with Crippen LogP contribution in [0.5, 0.6) is 0 Å². The fourth-order valence-electron chi connectivity index (χ4n) is 3.04. The summed E-state index contributed by atoms with van der Waals surface area (Å²) in [4.78, 5) is 2.36. The molecule has 0 amide bonds. The highest BCUT2D eigenvalue weighted by atomic mass is 19.1. The number of aliphatic hydroxyl groups excluding tert-OH is 1. The standard InChI is InChI=1S/C17H22FN3O/c1-12-17(11-20-9-7-16(22)8-10-20)13(2)21(19-12)15-5-3-14(18)4-6-15/h3-6,16,22H,7-11H2,1-2H3. The Hall–Kier alpha value is -1.72. The van der Waals surface area contributed by atoms with Crippen LogP contribution in [0.15, 0.2) is 24.3 Å². The number of rotatable bonds is 3. The number of nitrogens with zero attached hydrogens (tertiary/aromatic N) is 3. The van der Waals surface area contributed by atoms with Crippen molar-refractivity contribution in [2.45, 2.75) is 39.3 Å². The zero-order valence-corrected chi connectivity index (χ0v) is 13.1. The largest absolute Gasteiger partial charge is 0.393 e. The summed E-state index contributed by atoms with van der Waals surface area (Å²) in [5.74, 6) is -0.239. The van der Waals surface area contributed by atoms with Crippen LogP contribution >= 0.6 is 0 Å².